The van der Waals surface area contributed by atoms with Crippen molar-refractivity contribution in [3.05, 3.63) is 65.6 Å². The molecule has 1 N–H and O–H groups in total. The summed E-state index contributed by atoms with van der Waals surface area (Å²) >= 11 is 0. The van der Waals surface area contributed by atoms with E-state index in [1.807, 2.05) is 24.4 Å². The Balaban J connectivity index is 1.58. The Kier molecular flexibility index (Phi) is 5.95. The lowest BCUT2D eigenvalue weighted by Crippen LogP contribution is -2.23. The number of nitriles is 1. The maximum absolute atomic E-state index is 13.4. The molecule has 3 rings (SSSR count). The van der Waals surface area contributed by atoms with E-state index < -0.39 is 0 Å². The second-order valence-electron chi connectivity index (χ2n) is 6.73. The molecule has 0 spiro atoms. The molecule has 1 unspecified atom stereocenters. The average molecular weight is 379 g/mol. The molecule has 5 nitrogen and oxygen atoms in total. The van der Waals surface area contributed by atoms with E-state index in [4.69, 9.17) is 10.00 Å². The monoisotopic (exact) mass is 379 g/mol. The third-order valence-corrected chi connectivity index (χ3v) is 4.83. The van der Waals surface area contributed by atoms with Gasteiger partial charge in [0.05, 0.1) is 18.7 Å². The summed E-state index contributed by atoms with van der Waals surface area (Å²) in [5.74, 6) is 0.0877. The minimum atomic E-state index is -0.363. The highest BCUT2D eigenvalue weighted by molar-refractivity contribution is 5.82. The molecule has 2 aromatic carbocycles. The first-order chi connectivity index (χ1) is 13.5. The van der Waals surface area contributed by atoms with Crippen molar-refractivity contribution < 1.29 is 13.9 Å². The van der Waals surface area contributed by atoms with E-state index in [9.17, 15) is 9.18 Å². The number of aromatic nitrogens is 1. The van der Waals surface area contributed by atoms with Gasteiger partial charge in [-0.15, -0.1) is 0 Å². The Hall–Kier alpha value is -3.33. The van der Waals surface area contributed by atoms with Crippen molar-refractivity contribution in [2.75, 3.05) is 7.11 Å². The number of hydrogen-bond acceptors (Lipinski definition) is 3. The predicted molar refractivity (Wildman–Crippen MR) is 105 cm³/mol. The van der Waals surface area contributed by atoms with Crippen molar-refractivity contribution in [1.82, 2.24) is 9.88 Å². The Bertz CT molecular complexity index is 1040. The zero-order valence-electron chi connectivity index (χ0n) is 15.9. The van der Waals surface area contributed by atoms with Crippen LogP contribution >= 0.6 is 0 Å². The van der Waals surface area contributed by atoms with Gasteiger partial charge in [0.2, 0.25) is 5.91 Å². The van der Waals surface area contributed by atoms with E-state index in [0.717, 1.165) is 10.9 Å². The second-order valence-corrected chi connectivity index (χ2v) is 6.73. The molecule has 0 aliphatic rings. The average Bonchev–Trinajstić information content (AvgIpc) is 3.13. The van der Waals surface area contributed by atoms with Crippen molar-refractivity contribution >= 4 is 16.8 Å². The van der Waals surface area contributed by atoms with Gasteiger partial charge in [0.25, 0.3) is 0 Å². The molecule has 0 saturated heterocycles. The van der Waals surface area contributed by atoms with Crippen LogP contribution in [0.15, 0.2) is 48.7 Å². The topological polar surface area (TPSA) is 67.0 Å². The first kappa shape index (κ1) is 19.4. The van der Waals surface area contributed by atoms with Gasteiger partial charge in [0.1, 0.15) is 11.6 Å². The molecule has 1 heterocycles. The van der Waals surface area contributed by atoms with Crippen LogP contribution in [0.2, 0.25) is 0 Å². The molecule has 0 aliphatic carbocycles. The number of nitrogens with one attached hydrogen (secondary N) is 1. The summed E-state index contributed by atoms with van der Waals surface area (Å²) in [6.45, 7) is 2.28. The zero-order chi connectivity index (χ0) is 20.1. The molecule has 3 aromatic rings. The fourth-order valence-corrected chi connectivity index (χ4v) is 3.26. The molecule has 0 fully saturated rings. The minimum Gasteiger partial charge on any atom is -0.496 e. The molecule has 0 radical (unpaired) electrons. The standard InChI is InChI=1S/C22H22FN3O2/c1-15(26-10-9-17-11-16(13-24)4-6-20(17)26)3-8-22(27)25-14-18-12-19(23)5-7-21(18)28-2/h4-7,9-12,15H,3,8,14H2,1-2H3,(H,25,27). The number of halogens is 1. The molecular formula is C22H22FN3O2. The molecule has 1 atom stereocenters. The maximum atomic E-state index is 13.4. The molecule has 28 heavy (non-hydrogen) atoms. The highest BCUT2D eigenvalue weighted by Gasteiger charge is 2.12. The predicted octanol–water partition coefficient (Wildman–Crippen LogP) is 4.32. The van der Waals surface area contributed by atoms with E-state index in [1.54, 1.807) is 12.1 Å². The molecule has 6 heteroatoms. The van der Waals surface area contributed by atoms with Gasteiger partial charge in [-0.2, -0.15) is 5.26 Å². The number of rotatable bonds is 7. The highest BCUT2D eigenvalue weighted by Crippen LogP contribution is 2.24. The maximum Gasteiger partial charge on any atom is 0.220 e. The summed E-state index contributed by atoms with van der Waals surface area (Å²) in [5, 5.41) is 12.8. The lowest BCUT2D eigenvalue weighted by Gasteiger charge is -2.15. The van der Waals surface area contributed by atoms with Crippen LogP contribution in [0.25, 0.3) is 10.9 Å². The van der Waals surface area contributed by atoms with E-state index in [2.05, 4.69) is 22.9 Å². The fraction of sp³-hybridized carbons (Fsp3) is 0.273. The first-order valence-electron chi connectivity index (χ1n) is 9.11. The Morgan fingerprint density at radius 2 is 2.11 bits per heavy atom. The smallest absolute Gasteiger partial charge is 0.220 e. The molecule has 1 amide bonds. The molecular weight excluding hydrogens is 357 g/mol. The Morgan fingerprint density at radius 1 is 1.29 bits per heavy atom. The number of amides is 1. The van der Waals surface area contributed by atoms with Gasteiger partial charge in [-0.25, -0.2) is 4.39 Å². The highest BCUT2D eigenvalue weighted by atomic mass is 19.1. The number of methoxy groups -OCH3 is 1. The Morgan fingerprint density at radius 3 is 2.86 bits per heavy atom. The second kappa shape index (κ2) is 8.57. The molecule has 0 bridgehead atoms. The van der Waals surface area contributed by atoms with Gasteiger partial charge >= 0.3 is 0 Å². The molecule has 0 saturated carbocycles. The number of hydrogen-bond donors (Lipinski definition) is 1. The van der Waals surface area contributed by atoms with E-state index >= 15 is 0 Å². The van der Waals surface area contributed by atoms with Crippen molar-refractivity contribution in [1.29, 1.82) is 5.26 Å². The molecule has 0 aliphatic heterocycles. The lowest BCUT2D eigenvalue weighted by atomic mass is 10.1. The number of carbonyl (C=O) groups is 1. The van der Waals surface area contributed by atoms with Crippen LogP contribution in [-0.2, 0) is 11.3 Å². The van der Waals surface area contributed by atoms with Crippen LogP contribution in [0, 0.1) is 17.1 Å². The van der Waals surface area contributed by atoms with E-state index in [1.165, 1.54) is 19.2 Å². The van der Waals surface area contributed by atoms with Crippen LogP contribution in [-0.4, -0.2) is 17.6 Å². The first-order valence-corrected chi connectivity index (χ1v) is 9.11. The van der Waals surface area contributed by atoms with Crippen molar-refractivity contribution in [2.45, 2.75) is 32.4 Å². The summed E-state index contributed by atoms with van der Waals surface area (Å²) in [7, 11) is 1.52. The number of ether oxygens (including phenoxy) is 1. The summed E-state index contributed by atoms with van der Waals surface area (Å²) in [6, 6.07) is 14.1. The van der Waals surface area contributed by atoms with Crippen molar-refractivity contribution in [3.63, 3.8) is 0 Å². The van der Waals surface area contributed by atoms with Crippen LogP contribution in [0.5, 0.6) is 5.75 Å². The van der Waals surface area contributed by atoms with Gasteiger partial charge in [-0.05, 0) is 55.8 Å². The van der Waals surface area contributed by atoms with Gasteiger partial charge in [-0.3, -0.25) is 4.79 Å². The number of carbonyl (C=O) groups excluding carboxylic acids is 1. The van der Waals surface area contributed by atoms with Gasteiger partial charge in [0, 0.05) is 41.7 Å². The van der Waals surface area contributed by atoms with Crippen molar-refractivity contribution in [3.8, 4) is 11.8 Å². The summed E-state index contributed by atoms with van der Waals surface area (Å²) in [5.41, 5.74) is 2.27. The summed E-state index contributed by atoms with van der Waals surface area (Å²) < 4.78 is 20.7. The normalized spacial score (nSPS) is 11.8. The quantitative estimate of drug-likeness (QED) is 0.665. The number of benzene rings is 2. The van der Waals surface area contributed by atoms with Gasteiger partial charge in [0.15, 0.2) is 0 Å². The van der Waals surface area contributed by atoms with Crippen molar-refractivity contribution in [2.24, 2.45) is 0 Å². The minimum absolute atomic E-state index is 0.0959. The lowest BCUT2D eigenvalue weighted by molar-refractivity contribution is -0.121. The summed E-state index contributed by atoms with van der Waals surface area (Å²) in [4.78, 5) is 12.2. The van der Waals surface area contributed by atoms with Crippen LogP contribution in [0.1, 0.15) is 36.9 Å². The molecule has 1 aromatic heterocycles. The number of fused-ring (bicyclic) bond motifs is 1. The SMILES string of the molecule is COc1ccc(F)cc1CNC(=O)CCC(C)n1ccc2cc(C#N)ccc21. The summed E-state index contributed by atoms with van der Waals surface area (Å²) in [6.07, 6.45) is 3.00. The van der Waals surface area contributed by atoms with E-state index in [0.29, 0.717) is 29.7 Å². The van der Waals surface area contributed by atoms with Gasteiger partial charge < -0.3 is 14.6 Å². The van der Waals surface area contributed by atoms with E-state index in [-0.39, 0.29) is 24.3 Å². The Labute approximate surface area is 163 Å². The van der Waals surface area contributed by atoms with Crippen LogP contribution in [0.4, 0.5) is 4.39 Å². The van der Waals surface area contributed by atoms with Crippen LogP contribution < -0.4 is 10.1 Å². The third-order valence-electron chi connectivity index (χ3n) is 4.83. The molecule has 144 valence electrons. The van der Waals surface area contributed by atoms with Crippen LogP contribution in [0.3, 0.4) is 0 Å². The van der Waals surface area contributed by atoms with Gasteiger partial charge in [-0.1, -0.05) is 0 Å². The number of nitrogens with zero attached hydrogens (tertiary/aromatic N) is 2. The third kappa shape index (κ3) is 4.32. The zero-order valence-corrected chi connectivity index (χ0v) is 15.9. The fourth-order valence-electron chi connectivity index (χ4n) is 3.26. The largest absolute Gasteiger partial charge is 0.496 e.